The average molecular weight is 278 g/mol. The van der Waals surface area contributed by atoms with Crippen LogP contribution >= 0.6 is 0 Å². The van der Waals surface area contributed by atoms with Crippen molar-refractivity contribution in [1.82, 2.24) is 20.0 Å². The Labute approximate surface area is 121 Å². The zero-order valence-electron chi connectivity index (χ0n) is 13.0. The first-order chi connectivity index (χ1) is 9.55. The number of hydrogen-bond acceptors (Lipinski definition) is 3. The maximum atomic E-state index is 12.7. The van der Waals surface area contributed by atoms with Gasteiger partial charge in [0.05, 0.1) is 6.20 Å². The van der Waals surface area contributed by atoms with Crippen molar-refractivity contribution in [2.45, 2.75) is 39.2 Å². The molecule has 1 saturated heterocycles. The fraction of sp³-hybridized carbons (Fsp3) is 0.733. The average Bonchev–Trinajstić information content (AvgIpc) is 3.07. The standard InChI is InChI=1S/C15H26N4O/c1-5-15(6-2)7-8-19(11-15)14(20)13(16-3)12-9-17-18(4)10-12/h9-10,13,16H,5-8,11H2,1-4H3. The zero-order chi connectivity index (χ0) is 14.8. The Morgan fingerprint density at radius 2 is 2.20 bits per heavy atom. The maximum Gasteiger partial charge on any atom is 0.244 e. The molecule has 5 nitrogen and oxygen atoms in total. The van der Waals surface area contributed by atoms with Crippen LogP contribution in [0, 0.1) is 5.41 Å². The Kier molecular flexibility index (Phi) is 4.48. The monoisotopic (exact) mass is 278 g/mol. The third-order valence-corrected chi connectivity index (χ3v) is 4.84. The van der Waals surface area contributed by atoms with Crippen LogP contribution in [0.2, 0.25) is 0 Å². The zero-order valence-corrected chi connectivity index (χ0v) is 13.0. The van der Waals surface area contributed by atoms with Crippen molar-refractivity contribution in [3.63, 3.8) is 0 Å². The third-order valence-electron chi connectivity index (χ3n) is 4.84. The van der Waals surface area contributed by atoms with Gasteiger partial charge in [0.2, 0.25) is 5.91 Å². The molecule has 5 heteroatoms. The molecule has 0 radical (unpaired) electrons. The first-order valence-corrected chi connectivity index (χ1v) is 7.50. The number of rotatable bonds is 5. The molecule has 2 rings (SSSR count). The highest BCUT2D eigenvalue weighted by atomic mass is 16.2. The number of carbonyl (C=O) groups excluding carboxylic acids is 1. The summed E-state index contributed by atoms with van der Waals surface area (Å²) in [4.78, 5) is 14.7. The van der Waals surface area contributed by atoms with Crippen molar-refractivity contribution in [2.24, 2.45) is 12.5 Å². The van der Waals surface area contributed by atoms with Crippen LogP contribution < -0.4 is 5.32 Å². The number of nitrogens with zero attached hydrogens (tertiary/aromatic N) is 3. The Balaban J connectivity index is 2.11. The number of hydrogen-bond donors (Lipinski definition) is 1. The van der Waals surface area contributed by atoms with Crippen molar-refractivity contribution >= 4 is 5.91 Å². The number of likely N-dealkylation sites (tertiary alicyclic amines) is 1. The molecule has 0 aliphatic carbocycles. The molecule has 0 spiro atoms. The molecular formula is C15H26N4O. The fourth-order valence-electron chi connectivity index (χ4n) is 3.15. The molecule has 112 valence electrons. The summed E-state index contributed by atoms with van der Waals surface area (Å²) in [5.41, 5.74) is 1.26. The lowest BCUT2D eigenvalue weighted by molar-refractivity contribution is -0.132. The van der Waals surface area contributed by atoms with E-state index in [4.69, 9.17) is 0 Å². The van der Waals surface area contributed by atoms with Crippen molar-refractivity contribution in [1.29, 1.82) is 0 Å². The molecule has 0 saturated carbocycles. The van der Waals surface area contributed by atoms with Crippen LogP contribution in [0.15, 0.2) is 12.4 Å². The van der Waals surface area contributed by atoms with Gasteiger partial charge in [-0.05, 0) is 31.7 Å². The van der Waals surface area contributed by atoms with Gasteiger partial charge in [0.15, 0.2) is 0 Å². The lowest BCUT2D eigenvalue weighted by Crippen LogP contribution is -2.39. The van der Waals surface area contributed by atoms with Gasteiger partial charge in [-0.2, -0.15) is 5.10 Å². The Morgan fingerprint density at radius 3 is 2.65 bits per heavy atom. The Hall–Kier alpha value is -1.36. The van der Waals surface area contributed by atoms with Gasteiger partial charge in [-0.1, -0.05) is 13.8 Å². The molecule has 0 bridgehead atoms. The largest absolute Gasteiger partial charge is 0.340 e. The quantitative estimate of drug-likeness (QED) is 0.892. The normalized spacial score (nSPS) is 19.3. The topological polar surface area (TPSA) is 50.2 Å². The minimum Gasteiger partial charge on any atom is -0.340 e. The van der Waals surface area contributed by atoms with Gasteiger partial charge in [0.25, 0.3) is 0 Å². The van der Waals surface area contributed by atoms with Gasteiger partial charge in [0, 0.05) is 31.9 Å². The first kappa shape index (κ1) is 15.0. The lowest BCUT2D eigenvalue weighted by atomic mass is 9.82. The molecule has 2 heterocycles. The molecule has 1 aromatic rings. The van der Waals surface area contributed by atoms with Gasteiger partial charge in [-0.3, -0.25) is 9.48 Å². The maximum absolute atomic E-state index is 12.7. The number of carbonyl (C=O) groups is 1. The van der Waals surface area contributed by atoms with Crippen molar-refractivity contribution < 1.29 is 4.79 Å². The summed E-state index contributed by atoms with van der Waals surface area (Å²) in [6, 6.07) is -0.284. The number of aromatic nitrogens is 2. The second-order valence-corrected chi connectivity index (χ2v) is 5.89. The van der Waals surface area contributed by atoms with Gasteiger partial charge < -0.3 is 10.2 Å². The van der Waals surface area contributed by atoms with Crippen LogP contribution in [-0.4, -0.2) is 40.7 Å². The van der Waals surface area contributed by atoms with Crippen LogP contribution in [0.25, 0.3) is 0 Å². The highest BCUT2D eigenvalue weighted by Gasteiger charge is 2.39. The Bertz CT molecular complexity index is 464. The van der Waals surface area contributed by atoms with Gasteiger partial charge in [0.1, 0.15) is 6.04 Å². The number of nitrogens with one attached hydrogen (secondary N) is 1. The highest BCUT2D eigenvalue weighted by Crippen LogP contribution is 2.37. The fourth-order valence-corrected chi connectivity index (χ4v) is 3.15. The molecule has 1 aliphatic rings. The Morgan fingerprint density at radius 1 is 1.50 bits per heavy atom. The van der Waals surface area contributed by atoms with E-state index in [1.807, 2.05) is 25.2 Å². The van der Waals surface area contributed by atoms with Gasteiger partial charge in [-0.15, -0.1) is 0 Å². The predicted molar refractivity (Wildman–Crippen MR) is 79.2 cm³/mol. The van der Waals surface area contributed by atoms with Crippen molar-refractivity contribution in [2.75, 3.05) is 20.1 Å². The minimum atomic E-state index is -0.284. The van der Waals surface area contributed by atoms with E-state index in [9.17, 15) is 4.79 Å². The highest BCUT2D eigenvalue weighted by molar-refractivity contribution is 5.83. The van der Waals surface area contributed by atoms with E-state index in [2.05, 4.69) is 24.3 Å². The smallest absolute Gasteiger partial charge is 0.244 e. The van der Waals surface area contributed by atoms with E-state index >= 15 is 0 Å². The summed E-state index contributed by atoms with van der Waals surface area (Å²) in [5.74, 6) is 0.171. The van der Waals surface area contributed by atoms with E-state index < -0.39 is 0 Å². The molecule has 0 aromatic carbocycles. The number of aryl methyl sites for hydroxylation is 1. The van der Waals surface area contributed by atoms with Crippen LogP contribution in [-0.2, 0) is 11.8 Å². The summed E-state index contributed by atoms with van der Waals surface area (Å²) in [7, 11) is 3.70. The minimum absolute atomic E-state index is 0.171. The van der Waals surface area contributed by atoms with Crippen molar-refractivity contribution in [3.8, 4) is 0 Å². The van der Waals surface area contributed by atoms with E-state index in [0.29, 0.717) is 5.41 Å². The van der Waals surface area contributed by atoms with E-state index in [1.165, 1.54) is 0 Å². The lowest BCUT2D eigenvalue weighted by Gasteiger charge is -2.28. The first-order valence-electron chi connectivity index (χ1n) is 7.50. The van der Waals surface area contributed by atoms with Crippen LogP contribution in [0.5, 0.6) is 0 Å². The third kappa shape index (κ3) is 2.73. The molecule has 1 N–H and O–H groups in total. The van der Waals surface area contributed by atoms with E-state index in [0.717, 1.165) is 37.9 Å². The summed E-state index contributed by atoms with van der Waals surface area (Å²) >= 11 is 0. The summed E-state index contributed by atoms with van der Waals surface area (Å²) < 4.78 is 1.74. The molecule has 1 atom stereocenters. The van der Waals surface area contributed by atoms with E-state index in [-0.39, 0.29) is 11.9 Å². The van der Waals surface area contributed by atoms with Crippen molar-refractivity contribution in [3.05, 3.63) is 18.0 Å². The molecule has 20 heavy (non-hydrogen) atoms. The predicted octanol–water partition coefficient (Wildman–Crippen LogP) is 1.72. The van der Waals surface area contributed by atoms with Crippen LogP contribution in [0.4, 0.5) is 0 Å². The summed E-state index contributed by atoms with van der Waals surface area (Å²) in [6.45, 7) is 6.22. The van der Waals surface area contributed by atoms with Gasteiger partial charge in [-0.25, -0.2) is 0 Å². The SMILES string of the molecule is CCC1(CC)CCN(C(=O)C(NC)c2cnn(C)c2)C1. The number of likely N-dealkylation sites (N-methyl/N-ethyl adjacent to an activating group) is 1. The summed E-state index contributed by atoms with van der Waals surface area (Å²) in [6.07, 6.45) is 7.08. The van der Waals surface area contributed by atoms with Gasteiger partial charge >= 0.3 is 0 Å². The van der Waals surface area contributed by atoms with Crippen LogP contribution in [0.3, 0.4) is 0 Å². The second-order valence-electron chi connectivity index (χ2n) is 5.89. The molecular weight excluding hydrogens is 252 g/mol. The molecule has 1 aliphatic heterocycles. The molecule has 1 fully saturated rings. The molecule has 1 amide bonds. The van der Waals surface area contributed by atoms with E-state index in [1.54, 1.807) is 10.9 Å². The molecule has 1 aromatic heterocycles. The molecule has 1 unspecified atom stereocenters. The second kappa shape index (κ2) is 5.95. The number of amides is 1. The summed E-state index contributed by atoms with van der Waals surface area (Å²) in [5, 5.41) is 7.29. The van der Waals surface area contributed by atoms with Crippen LogP contribution in [0.1, 0.15) is 44.7 Å².